The number of rotatable bonds is 80. The molecule has 0 aromatic heterocycles. The lowest BCUT2D eigenvalue weighted by molar-refractivity contribution is -0.161. The van der Waals surface area contributed by atoms with E-state index in [0.29, 0.717) is 25.7 Å². The van der Waals surface area contributed by atoms with Crippen LogP contribution in [0, 0.1) is 5.92 Å². The molecule has 3 unspecified atom stereocenters. The maximum absolute atomic E-state index is 13.1. The van der Waals surface area contributed by atoms with E-state index in [4.69, 9.17) is 37.0 Å². The Kier molecular flexibility index (Phi) is 71.6. The predicted octanol–water partition coefficient (Wildman–Crippen LogP) is 24.0. The second kappa shape index (κ2) is 73.0. The number of unbranched alkanes of at least 4 members (excludes halogenated alkanes) is 51. The van der Waals surface area contributed by atoms with Crippen molar-refractivity contribution in [2.45, 2.75) is 445 Å². The highest BCUT2D eigenvalue weighted by atomic mass is 31.2. The summed E-state index contributed by atoms with van der Waals surface area (Å²) in [7, 11) is -9.92. The van der Waals surface area contributed by atoms with Crippen LogP contribution in [0.4, 0.5) is 0 Å². The number of aliphatic hydroxyl groups is 1. The van der Waals surface area contributed by atoms with Crippen LogP contribution in [0.15, 0.2) is 0 Å². The summed E-state index contributed by atoms with van der Waals surface area (Å²) >= 11 is 0. The molecule has 0 spiro atoms. The van der Waals surface area contributed by atoms with Gasteiger partial charge in [0.05, 0.1) is 26.4 Å². The van der Waals surface area contributed by atoms with Gasteiger partial charge in [-0.15, -0.1) is 0 Å². The van der Waals surface area contributed by atoms with Crippen molar-refractivity contribution in [3.05, 3.63) is 0 Å². The van der Waals surface area contributed by atoms with Crippen molar-refractivity contribution in [1.82, 2.24) is 0 Å². The Bertz CT molecular complexity index is 1890. The minimum atomic E-state index is -4.96. The van der Waals surface area contributed by atoms with E-state index < -0.39 is 97.5 Å². The van der Waals surface area contributed by atoms with Gasteiger partial charge in [-0.05, 0) is 31.6 Å². The van der Waals surface area contributed by atoms with Crippen LogP contribution in [-0.2, 0) is 65.4 Å². The number of phosphoric acid groups is 2. The summed E-state index contributed by atoms with van der Waals surface area (Å²) in [6.07, 6.45) is 63.8. The van der Waals surface area contributed by atoms with Crippen LogP contribution in [0.5, 0.6) is 0 Å². The Morgan fingerprint density at radius 3 is 0.717 bits per heavy atom. The lowest BCUT2D eigenvalue weighted by Gasteiger charge is -2.21. The van der Waals surface area contributed by atoms with Crippen molar-refractivity contribution in [2.24, 2.45) is 5.92 Å². The maximum Gasteiger partial charge on any atom is 0.472 e. The Morgan fingerprint density at radius 1 is 0.283 bits per heavy atom. The summed E-state index contributed by atoms with van der Waals surface area (Å²) < 4.78 is 68.7. The highest BCUT2D eigenvalue weighted by Crippen LogP contribution is 2.45. The summed E-state index contributed by atoms with van der Waals surface area (Å²) in [6, 6.07) is 0. The van der Waals surface area contributed by atoms with Gasteiger partial charge in [0.2, 0.25) is 0 Å². The van der Waals surface area contributed by atoms with Crippen LogP contribution in [0.3, 0.4) is 0 Å². The van der Waals surface area contributed by atoms with Gasteiger partial charge < -0.3 is 33.8 Å². The van der Waals surface area contributed by atoms with Crippen LogP contribution in [0.1, 0.15) is 426 Å². The molecule has 588 valence electrons. The number of aliphatic hydroxyl groups excluding tert-OH is 1. The van der Waals surface area contributed by atoms with Crippen LogP contribution >= 0.6 is 15.6 Å². The van der Waals surface area contributed by atoms with Crippen LogP contribution in [-0.4, -0.2) is 96.7 Å². The molecule has 0 aliphatic heterocycles. The topological polar surface area (TPSA) is 237 Å². The molecule has 99 heavy (non-hydrogen) atoms. The summed E-state index contributed by atoms with van der Waals surface area (Å²) in [5.74, 6) is -1.34. The number of esters is 4. The molecular formula is C80H156O17P2. The van der Waals surface area contributed by atoms with Gasteiger partial charge in [0.25, 0.3) is 0 Å². The van der Waals surface area contributed by atoms with Crippen molar-refractivity contribution in [2.75, 3.05) is 39.6 Å². The molecule has 0 aliphatic carbocycles. The van der Waals surface area contributed by atoms with E-state index in [2.05, 4.69) is 34.6 Å². The smallest absolute Gasteiger partial charge is 0.462 e. The molecule has 0 saturated carbocycles. The zero-order chi connectivity index (χ0) is 72.7. The summed E-state index contributed by atoms with van der Waals surface area (Å²) in [5, 5.41) is 10.6. The first-order valence-electron chi connectivity index (χ1n) is 41.7. The number of phosphoric ester groups is 2. The fourth-order valence-corrected chi connectivity index (χ4v) is 14.0. The van der Waals surface area contributed by atoms with Gasteiger partial charge in [0.15, 0.2) is 12.2 Å². The number of hydrogen-bond donors (Lipinski definition) is 3. The summed E-state index contributed by atoms with van der Waals surface area (Å²) in [6.45, 7) is 7.32. The Morgan fingerprint density at radius 2 is 0.485 bits per heavy atom. The van der Waals surface area contributed by atoms with Gasteiger partial charge in [0, 0.05) is 25.7 Å². The molecular weight excluding hydrogens is 1290 g/mol. The fourth-order valence-electron chi connectivity index (χ4n) is 12.4. The SMILES string of the molecule is CCCCCCCCCCCCCCCCCCCCCC(=O)O[C@H](COC(=O)CCCCCCCCCCCCCCCCCCC)COP(=O)(O)OC[C@@H](O)COP(=O)(O)OC[C@@H](COC(=O)CCCCCCCCCCCCC)OC(=O)CCCCCCCCCCC(C)CC. The molecule has 17 nitrogen and oxygen atoms in total. The molecule has 3 N–H and O–H groups in total. The summed E-state index contributed by atoms with van der Waals surface area (Å²) in [4.78, 5) is 73.0. The van der Waals surface area contributed by atoms with Gasteiger partial charge in [-0.3, -0.25) is 37.3 Å². The summed E-state index contributed by atoms with van der Waals surface area (Å²) in [5.41, 5.74) is 0. The van der Waals surface area contributed by atoms with Gasteiger partial charge >= 0.3 is 39.5 Å². The zero-order valence-corrected chi connectivity index (χ0v) is 66.4. The first-order chi connectivity index (χ1) is 48.1. The third-order valence-electron chi connectivity index (χ3n) is 19.1. The molecule has 0 amide bonds. The van der Waals surface area contributed by atoms with E-state index in [-0.39, 0.29) is 25.7 Å². The highest BCUT2D eigenvalue weighted by Gasteiger charge is 2.30. The fraction of sp³-hybridized carbons (Fsp3) is 0.950. The van der Waals surface area contributed by atoms with Crippen molar-refractivity contribution in [3.63, 3.8) is 0 Å². The molecule has 0 aromatic carbocycles. The lowest BCUT2D eigenvalue weighted by atomic mass is 9.99. The molecule has 0 bridgehead atoms. The van der Waals surface area contributed by atoms with Gasteiger partial charge in [-0.2, -0.15) is 0 Å². The molecule has 0 heterocycles. The maximum atomic E-state index is 13.1. The monoisotopic (exact) mass is 1450 g/mol. The van der Waals surface area contributed by atoms with Crippen molar-refractivity contribution in [3.8, 4) is 0 Å². The van der Waals surface area contributed by atoms with Crippen molar-refractivity contribution < 1.29 is 80.2 Å². The van der Waals surface area contributed by atoms with E-state index in [1.165, 1.54) is 250 Å². The van der Waals surface area contributed by atoms with Gasteiger partial charge in [-0.25, -0.2) is 9.13 Å². The number of hydrogen-bond acceptors (Lipinski definition) is 15. The quantitative estimate of drug-likeness (QED) is 0.0222. The molecule has 6 atom stereocenters. The van der Waals surface area contributed by atoms with Crippen LogP contribution < -0.4 is 0 Å². The van der Waals surface area contributed by atoms with E-state index in [0.717, 1.165) is 95.8 Å². The van der Waals surface area contributed by atoms with E-state index in [1.54, 1.807) is 0 Å². The number of ether oxygens (including phenoxy) is 4. The first kappa shape index (κ1) is 97.1. The van der Waals surface area contributed by atoms with E-state index >= 15 is 0 Å². The molecule has 0 aromatic rings. The first-order valence-corrected chi connectivity index (χ1v) is 44.7. The number of carbonyl (C=O) groups is 4. The van der Waals surface area contributed by atoms with Crippen molar-refractivity contribution >= 4 is 39.5 Å². The minimum Gasteiger partial charge on any atom is -0.462 e. The molecule has 0 radical (unpaired) electrons. The zero-order valence-electron chi connectivity index (χ0n) is 64.6. The third kappa shape index (κ3) is 72.8. The Labute approximate surface area is 607 Å². The average Bonchev–Trinajstić information content (AvgIpc) is 1.81. The Balaban J connectivity index is 5.24. The van der Waals surface area contributed by atoms with Crippen molar-refractivity contribution in [1.29, 1.82) is 0 Å². The molecule has 0 rings (SSSR count). The second-order valence-corrected chi connectivity index (χ2v) is 32.0. The van der Waals surface area contributed by atoms with E-state index in [9.17, 15) is 43.2 Å². The van der Waals surface area contributed by atoms with Gasteiger partial charge in [0.1, 0.15) is 19.3 Å². The predicted molar refractivity (Wildman–Crippen MR) is 405 cm³/mol. The lowest BCUT2D eigenvalue weighted by Crippen LogP contribution is -2.30. The van der Waals surface area contributed by atoms with Crippen LogP contribution in [0.2, 0.25) is 0 Å². The molecule has 19 heteroatoms. The molecule has 0 fully saturated rings. The molecule has 0 saturated heterocycles. The highest BCUT2D eigenvalue weighted by molar-refractivity contribution is 7.47. The standard InChI is InChI=1S/C80H156O17P2/c1-6-10-13-16-19-22-25-27-29-31-32-34-36-38-41-44-50-55-60-65-79(84)96-75(69-91-78(83)64-59-54-49-43-40-37-35-33-30-28-26-23-20-17-14-11-7-2)71-94-98(86,87)92-67-74(81)68-93-99(88,89)95-72-76(70-90-77(82)63-58-53-48-42-39-24-21-18-15-12-8-3)97-80(85)66-61-56-51-46-45-47-52-57-62-73(5)9-4/h73-76,81H,6-72H2,1-5H3,(H,86,87)(H,88,89)/t73?,74-,75-,76-/m1/s1. The largest absolute Gasteiger partial charge is 0.472 e. The normalized spacial score (nSPS) is 14.1. The molecule has 0 aliphatic rings. The van der Waals surface area contributed by atoms with E-state index in [1.807, 2.05) is 0 Å². The van der Waals surface area contributed by atoms with Crippen LogP contribution in [0.25, 0.3) is 0 Å². The minimum absolute atomic E-state index is 0.106. The van der Waals surface area contributed by atoms with Gasteiger partial charge in [-0.1, -0.05) is 375 Å². The second-order valence-electron chi connectivity index (χ2n) is 29.1. The average molecular weight is 1450 g/mol. The third-order valence-corrected chi connectivity index (χ3v) is 21.0. The Hall–Kier alpha value is -1.94. The number of carbonyl (C=O) groups excluding carboxylic acids is 4.